The predicted molar refractivity (Wildman–Crippen MR) is 132 cm³/mol. The number of amides is 2. The number of rotatable bonds is 4. The average Bonchev–Trinajstić information content (AvgIpc) is 3.38. The molecule has 1 saturated heterocycles. The van der Waals surface area contributed by atoms with Crippen molar-refractivity contribution in [2.24, 2.45) is 0 Å². The lowest BCUT2D eigenvalue weighted by molar-refractivity contribution is -0.149. The molecular formula is C26H22N2O4S2. The van der Waals surface area contributed by atoms with Crippen LogP contribution in [0, 0.1) is 13.8 Å². The zero-order valence-corrected chi connectivity index (χ0v) is 20.2. The summed E-state index contributed by atoms with van der Waals surface area (Å²) < 4.78 is 0.467. The highest BCUT2D eigenvalue weighted by atomic mass is 32.2. The van der Waals surface area contributed by atoms with Crippen LogP contribution in [0.5, 0.6) is 11.5 Å². The van der Waals surface area contributed by atoms with Crippen molar-refractivity contribution in [3.8, 4) is 11.5 Å². The minimum atomic E-state index is -0.389. The number of aromatic hydroxyl groups is 2. The van der Waals surface area contributed by atoms with E-state index >= 15 is 0 Å². The molecule has 3 aromatic rings. The van der Waals surface area contributed by atoms with E-state index in [0.29, 0.717) is 25.2 Å². The van der Waals surface area contributed by atoms with Crippen molar-refractivity contribution in [3.63, 3.8) is 0 Å². The van der Waals surface area contributed by atoms with Gasteiger partial charge in [0.2, 0.25) is 0 Å². The fourth-order valence-corrected chi connectivity index (χ4v) is 6.70. The van der Waals surface area contributed by atoms with E-state index in [0.717, 1.165) is 34.7 Å². The second kappa shape index (κ2) is 8.77. The van der Waals surface area contributed by atoms with Gasteiger partial charge in [-0.1, -0.05) is 84.2 Å². The maximum atomic E-state index is 13.6. The van der Waals surface area contributed by atoms with Crippen LogP contribution in [0.2, 0.25) is 0 Å². The third-order valence-electron chi connectivity index (χ3n) is 6.04. The lowest BCUT2D eigenvalue weighted by Crippen LogP contribution is -2.39. The number of hydrogen-bond donors (Lipinski definition) is 2. The molecular weight excluding hydrogens is 468 g/mol. The van der Waals surface area contributed by atoms with Crippen molar-refractivity contribution in [2.45, 2.75) is 36.7 Å². The minimum Gasteiger partial charge on any atom is -0.506 e. The Kier molecular flexibility index (Phi) is 5.79. The summed E-state index contributed by atoms with van der Waals surface area (Å²) in [6.45, 7) is 3.98. The number of carbonyl (C=O) groups is 2. The molecule has 172 valence electrons. The fourth-order valence-electron chi connectivity index (χ4n) is 3.98. The molecule has 6 nitrogen and oxygen atoms in total. The first-order chi connectivity index (χ1) is 16.4. The first-order valence-electron chi connectivity index (χ1n) is 10.7. The topological polar surface area (TPSA) is 81.1 Å². The molecule has 2 amide bonds. The monoisotopic (exact) mass is 490 g/mol. The highest BCUT2D eigenvalue weighted by molar-refractivity contribution is 8.25. The Balaban J connectivity index is 1.56. The van der Waals surface area contributed by atoms with Crippen molar-refractivity contribution < 1.29 is 19.8 Å². The van der Waals surface area contributed by atoms with Gasteiger partial charge in [-0.05, 0) is 36.1 Å². The molecule has 0 saturated carbocycles. The number of fused-ring (bicyclic) bond motifs is 1. The summed E-state index contributed by atoms with van der Waals surface area (Å²) in [6.07, 6.45) is 0. The lowest BCUT2D eigenvalue weighted by Gasteiger charge is -2.27. The molecule has 0 unspecified atom stereocenters. The minimum absolute atomic E-state index is 0.0622. The maximum absolute atomic E-state index is 13.6. The van der Waals surface area contributed by atoms with Crippen LogP contribution in [0.1, 0.15) is 22.3 Å². The lowest BCUT2D eigenvalue weighted by atomic mass is 10.1. The molecule has 5 rings (SSSR count). The Labute approximate surface area is 205 Å². The summed E-state index contributed by atoms with van der Waals surface area (Å²) in [5, 5.41) is 24.3. The van der Waals surface area contributed by atoms with Crippen molar-refractivity contribution in [1.82, 2.24) is 10.0 Å². The SMILES string of the molecule is Cc1c(C)c(O)c2c(c1O)SC(=C1C(=O)N(Cc3ccccc3)N(Cc3ccccc3)C1=O)S2. The van der Waals surface area contributed by atoms with Gasteiger partial charge in [0, 0.05) is 0 Å². The van der Waals surface area contributed by atoms with Gasteiger partial charge >= 0.3 is 0 Å². The summed E-state index contributed by atoms with van der Waals surface area (Å²) in [5.41, 5.74) is 3.04. The molecule has 34 heavy (non-hydrogen) atoms. The summed E-state index contributed by atoms with van der Waals surface area (Å²) in [5.74, 6) is -0.641. The number of phenolic OH excluding ortho intramolecular Hbond substituents is 2. The van der Waals surface area contributed by atoms with E-state index in [-0.39, 0.29) is 42.0 Å². The van der Waals surface area contributed by atoms with Crippen molar-refractivity contribution in [1.29, 1.82) is 0 Å². The number of carbonyl (C=O) groups excluding carboxylic acids is 2. The van der Waals surface area contributed by atoms with Gasteiger partial charge < -0.3 is 10.2 Å². The van der Waals surface area contributed by atoms with Crippen LogP contribution in [0.4, 0.5) is 0 Å². The molecule has 0 atom stereocenters. The summed E-state index contributed by atoms with van der Waals surface area (Å²) in [7, 11) is 0. The molecule has 2 N–H and O–H groups in total. The molecule has 2 aliphatic heterocycles. The zero-order valence-electron chi connectivity index (χ0n) is 18.6. The highest BCUT2D eigenvalue weighted by Crippen LogP contribution is 2.60. The molecule has 3 aromatic carbocycles. The summed E-state index contributed by atoms with van der Waals surface area (Å²) >= 11 is 2.32. The van der Waals surface area contributed by atoms with E-state index in [2.05, 4.69) is 0 Å². The van der Waals surface area contributed by atoms with E-state index in [1.165, 1.54) is 10.0 Å². The Morgan fingerprint density at radius 1 is 0.676 bits per heavy atom. The Hall–Kier alpha value is -3.36. The van der Waals surface area contributed by atoms with Crippen molar-refractivity contribution in [3.05, 3.63) is 92.7 Å². The van der Waals surface area contributed by atoms with Gasteiger partial charge in [0.05, 0.1) is 27.1 Å². The van der Waals surface area contributed by atoms with Crippen LogP contribution in [0.25, 0.3) is 0 Å². The third-order valence-corrected chi connectivity index (χ3v) is 8.65. The van der Waals surface area contributed by atoms with Gasteiger partial charge in [-0.2, -0.15) is 0 Å². The smallest absolute Gasteiger partial charge is 0.280 e. The van der Waals surface area contributed by atoms with Gasteiger partial charge in [0.15, 0.2) is 0 Å². The van der Waals surface area contributed by atoms with Crippen LogP contribution in [0.3, 0.4) is 0 Å². The van der Waals surface area contributed by atoms with Gasteiger partial charge in [-0.25, -0.2) is 10.0 Å². The molecule has 0 radical (unpaired) electrons. The number of nitrogens with zero attached hydrogens (tertiary/aromatic N) is 2. The predicted octanol–water partition coefficient (Wildman–Crippen LogP) is 5.11. The number of hydrazine groups is 1. The Morgan fingerprint density at radius 2 is 1.06 bits per heavy atom. The highest BCUT2D eigenvalue weighted by Gasteiger charge is 2.45. The van der Waals surface area contributed by atoms with E-state index in [4.69, 9.17) is 0 Å². The van der Waals surface area contributed by atoms with E-state index in [1.54, 1.807) is 13.8 Å². The number of phenols is 2. The van der Waals surface area contributed by atoms with Gasteiger partial charge in [0.1, 0.15) is 17.1 Å². The van der Waals surface area contributed by atoms with Crippen LogP contribution < -0.4 is 0 Å². The molecule has 1 fully saturated rings. The molecule has 2 aliphatic rings. The zero-order chi connectivity index (χ0) is 24.0. The number of hydrogen-bond acceptors (Lipinski definition) is 6. The number of thioether (sulfide) groups is 2. The molecule has 0 aliphatic carbocycles. The second-order valence-corrected chi connectivity index (χ2v) is 10.5. The molecule has 0 bridgehead atoms. The van der Waals surface area contributed by atoms with Crippen LogP contribution in [-0.2, 0) is 22.7 Å². The molecule has 8 heteroatoms. The van der Waals surface area contributed by atoms with Gasteiger partial charge in [-0.15, -0.1) is 0 Å². The largest absolute Gasteiger partial charge is 0.506 e. The maximum Gasteiger partial charge on any atom is 0.280 e. The Bertz CT molecular complexity index is 1240. The van der Waals surface area contributed by atoms with E-state index in [1.807, 2.05) is 60.7 Å². The summed E-state index contributed by atoms with van der Waals surface area (Å²) in [6, 6.07) is 19.1. The first-order valence-corrected chi connectivity index (χ1v) is 12.4. The average molecular weight is 491 g/mol. The second-order valence-electron chi connectivity index (χ2n) is 8.17. The van der Waals surface area contributed by atoms with Crippen LogP contribution in [0.15, 0.2) is 80.3 Å². The summed E-state index contributed by atoms with van der Waals surface area (Å²) in [4.78, 5) is 28.2. The van der Waals surface area contributed by atoms with E-state index < -0.39 is 0 Å². The van der Waals surface area contributed by atoms with Gasteiger partial charge in [-0.3, -0.25) is 9.59 Å². The van der Waals surface area contributed by atoms with Crippen molar-refractivity contribution in [2.75, 3.05) is 0 Å². The van der Waals surface area contributed by atoms with Crippen LogP contribution in [-0.4, -0.2) is 32.0 Å². The quantitative estimate of drug-likeness (QED) is 0.301. The molecule has 0 aromatic heterocycles. The fraction of sp³-hybridized carbons (Fsp3) is 0.154. The normalized spacial score (nSPS) is 15.5. The van der Waals surface area contributed by atoms with Crippen LogP contribution >= 0.6 is 23.5 Å². The third kappa shape index (κ3) is 3.73. The number of benzene rings is 3. The standard InChI is InChI=1S/C26H22N2O4S2/c1-15-16(2)21(30)23-22(20(15)29)33-26(34-23)19-24(31)27(13-17-9-5-3-6-10-17)28(25(19)32)14-18-11-7-4-8-12-18/h3-12,29-30H,13-14H2,1-2H3. The van der Waals surface area contributed by atoms with Crippen molar-refractivity contribution >= 4 is 35.3 Å². The molecule has 0 spiro atoms. The molecule has 2 heterocycles. The Morgan fingerprint density at radius 3 is 1.44 bits per heavy atom. The first kappa shape index (κ1) is 22.4. The van der Waals surface area contributed by atoms with E-state index in [9.17, 15) is 19.8 Å². The van der Waals surface area contributed by atoms with Gasteiger partial charge in [0.25, 0.3) is 11.8 Å².